The van der Waals surface area contributed by atoms with Crippen LogP contribution in [-0.2, 0) is 4.79 Å². The maximum atomic E-state index is 11.5. The average molecular weight is 355 g/mol. The molecule has 20 heavy (non-hydrogen) atoms. The molecule has 1 unspecified atom stereocenters. The summed E-state index contributed by atoms with van der Waals surface area (Å²) in [7, 11) is 0. The zero-order chi connectivity index (χ0) is 14.7. The molecule has 0 saturated carbocycles. The summed E-state index contributed by atoms with van der Waals surface area (Å²) in [6, 6.07) is 11.8. The van der Waals surface area contributed by atoms with Gasteiger partial charge in [-0.2, -0.15) is 0 Å². The summed E-state index contributed by atoms with van der Waals surface area (Å²) in [5.74, 6) is -0.939. The molecule has 2 N–H and O–H groups in total. The van der Waals surface area contributed by atoms with E-state index in [1.165, 1.54) is 0 Å². The number of para-hydroxylation sites is 1. The van der Waals surface area contributed by atoms with Crippen molar-refractivity contribution in [3.8, 4) is 0 Å². The molecular weight excluding hydrogens is 342 g/mol. The summed E-state index contributed by atoms with van der Waals surface area (Å²) in [5.41, 5.74) is 2.26. The Morgan fingerprint density at radius 3 is 2.60 bits per heavy atom. The van der Waals surface area contributed by atoms with Crippen LogP contribution in [0.1, 0.15) is 17.2 Å². The van der Waals surface area contributed by atoms with Gasteiger partial charge in [0, 0.05) is 15.2 Å². The lowest BCUT2D eigenvalue weighted by molar-refractivity contribution is -0.138. The number of carboxylic acids is 1. The molecule has 0 bridgehead atoms. The van der Waals surface area contributed by atoms with E-state index in [4.69, 9.17) is 11.6 Å². The number of halogens is 2. The molecule has 2 rings (SSSR count). The highest BCUT2D eigenvalue weighted by atomic mass is 79.9. The largest absolute Gasteiger partial charge is 0.479 e. The minimum Gasteiger partial charge on any atom is -0.479 e. The number of hydrogen-bond acceptors (Lipinski definition) is 2. The lowest BCUT2D eigenvalue weighted by Crippen LogP contribution is -2.21. The van der Waals surface area contributed by atoms with Gasteiger partial charge in [-0.15, -0.1) is 0 Å². The Kier molecular flexibility index (Phi) is 4.68. The zero-order valence-electron chi connectivity index (χ0n) is 10.7. The van der Waals surface area contributed by atoms with Gasteiger partial charge in [0.2, 0.25) is 0 Å². The lowest BCUT2D eigenvalue weighted by Gasteiger charge is -2.19. The first-order chi connectivity index (χ1) is 9.49. The van der Waals surface area contributed by atoms with E-state index >= 15 is 0 Å². The van der Waals surface area contributed by atoms with Crippen LogP contribution in [-0.4, -0.2) is 11.1 Å². The molecule has 0 aliphatic heterocycles. The average Bonchev–Trinajstić information content (AvgIpc) is 2.38. The Labute approximate surface area is 130 Å². The molecule has 0 radical (unpaired) electrons. The quantitative estimate of drug-likeness (QED) is 0.840. The molecule has 2 aromatic carbocycles. The highest BCUT2D eigenvalue weighted by molar-refractivity contribution is 9.10. The standard InChI is InChI=1S/C15H13BrClNO2/c1-9-8-10(17)6-7-11(9)14(15(19)20)18-13-5-3-2-4-12(13)16/h2-8,14,18H,1H3,(H,19,20). The summed E-state index contributed by atoms with van der Waals surface area (Å²) in [6.45, 7) is 1.85. The van der Waals surface area contributed by atoms with Crippen LogP contribution < -0.4 is 5.32 Å². The molecule has 0 spiro atoms. The van der Waals surface area contributed by atoms with Crippen LogP contribution in [0.5, 0.6) is 0 Å². The highest BCUT2D eigenvalue weighted by Gasteiger charge is 2.22. The molecule has 104 valence electrons. The van der Waals surface area contributed by atoms with Crippen LogP contribution in [0.4, 0.5) is 5.69 Å². The number of aryl methyl sites for hydroxylation is 1. The molecule has 0 fully saturated rings. The normalized spacial score (nSPS) is 11.9. The second-order valence-corrected chi connectivity index (χ2v) is 5.69. The Balaban J connectivity index is 2.37. The first-order valence-electron chi connectivity index (χ1n) is 5.99. The van der Waals surface area contributed by atoms with Crippen LogP contribution in [0.25, 0.3) is 0 Å². The summed E-state index contributed by atoms with van der Waals surface area (Å²) in [6.07, 6.45) is 0. The van der Waals surface area contributed by atoms with Crippen LogP contribution in [0.3, 0.4) is 0 Å². The van der Waals surface area contributed by atoms with Gasteiger partial charge in [0.15, 0.2) is 6.04 Å². The monoisotopic (exact) mass is 353 g/mol. The van der Waals surface area contributed by atoms with E-state index in [0.29, 0.717) is 10.6 Å². The summed E-state index contributed by atoms with van der Waals surface area (Å²) in [4.78, 5) is 11.5. The van der Waals surface area contributed by atoms with Crippen LogP contribution >= 0.6 is 27.5 Å². The van der Waals surface area contributed by atoms with Gasteiger partial charge in [-0.05, 0) is 58.2 Å². The fraction of sp³-hybridized carbons (Fsp3) is 0.133. The minimum absolute atomic E-state index is 0.594. The number of rotatable bonds is 4. The Bertz CT molecular complexity index is 646. The van der Waals surface area contributed by atoms with E-state index in [1.807, 2.05) is 31.2 Å². The second kappa shape index (κ2) is 6.29. The van der Waals surface area contributed by atoms with Crippen LogP contribution in [0.15, 0.2) is 46.9 Å². The third kappa shape index (κ3) is 3.32. The molecule has 0 heterocycles. The number of benzene rings is 2. The smallest absolute Gasteiger partial charge is 0.330 e. The van der Waals surface area contributed by atoms with Crippen LogP contribution in [0.2, 0.25) is 5.02 Å². The Morgan fingerprint density at radius 2 is 2.00 bits per heavy atom. The zero-order valence-corrected chi connectivity index (χ0v) is 13.1. The van der Waals surface area contributed by atoms with Crippen molar-refractivity contribution in [1.82, 2.24) is 0 Å². The predicted molar refractivity (Wildman–Crippen MR) is 84.3 cm³/mol. The molecule has 2 aromatic rings. The van der Waals surface area contributed by atoms with Crippen molar-refractivity contribution in [2.75, 3.05) is 5.32 Å². The van der Waals surface area contributed by atoms with Gasteiger partial charge in [-0.3, -0.25) is 0 Å². The van der Waals surface area contributed by atoms with E-state index in [9.17, 15) is 9.90 Å². The van der Waals surface area contributed by atoms with Gasteiger partial charge in [0.25, 0.3) is 0 Å². The van der Waals surface area contributed by atoms with Crippen molar-refractivity contribution in [1.29, 1.82) is 0 Å². The fourth-order valence-electron chi connectivity index (χ4n) is 1.97. The highest BCUT2D eigenvalue weighted by Crippen LogP contribution is 2.29. The second-order valence-electron chi connectivity index (χ2n) is 4.40. The predicted octanol–water partition coefficient (Wildman–Crippen LogP) is 4.65. The summed E-state index contributed by atoms with van der Waals surface area (Å²) in [5, 5.41) is 13.1. The third-order valence-corrected chi connectivity index (χ3v) is 3.89. The van der Waals surface area contributed by atoms with E-state index in [2.05, 4.69) is 21.2 Å². The number of carbonyl (C=O) groups is 1. The summed E-state index contributed by atoms with van der Waals surface area (Å²) >= 11 is 9.31. The van der Waals surface area contributed by atoms with E-state index in [1.54, 1.807) is 18.2 Å². The van der Waals surface area contributed by atoms with Crippen molar-refractivity contribution >= 4 is 39.2 Å². The van der Waals surface area contributed by atoms with E-state index < -0.39 is 12.0 Å². The van der Waals surface area contributed by atoms with Crippen molar-refractivity contribution in [2.24, 2.45) is 0 Å². The molecule has 5 heteroatoms. The number of nitrogens with one attached hydrogen (secondary N) is 1. The number of carboxylic acid groups (broad SMARTS) is 1. The first-order valence-corrected chi connectivity index (χ1v) is 7.16. The number of aliphatic carboxylic acids is 1. The molecule has 1 atom stereocenters. The minimum atomic E-state index is -0.939. The van der Waals surface area contributed by atoms with Crippen LogP contribution in [0, 0.1) is 6.92 Å². The van der Waals surface area contributed by atoms with Gasteiger partial charge in [0.1, 0.15) is 0 Å². The maximum absolute atomic E-state index is 11.5. The van der Waals surface area contributed by atoms with Gasteiger partial charge in [0.05, 0.1) is 0 Å². The molecule has 0 amide bonds. The Morgan fingerprint density at radius 1 is 1.30 bits per heavy atom. The molecule has 0 aliphatic rings. The van der Waals surface area contributed by atoms with Crippen molar-refractivity contribution in [3.05, 3.63) is 63.1 Å². The van der Waals surface area contributed by atoms with Crippen molar-refractivity contribution < 1.29 is 9.90 Å². The molecule has 0 aromatic heterocycles. The topological polar surface area (TPSA) is 49.3 Å². The SMILES string of the molecule is Cc1cc(Cl)ccc1C(Nc1ccccc1Br)C(=O)O. The number of hydrogen-bond donors (Lipinski definition) is 2. The van der Waals surface area contributed by atoms with Gasteiger partial charge in [-0.25, -0.2) is 4.79 Å². The number of anilines is 1. The van der Waals surface area contributed by atoms with E-state index in [-0.39, 0.29) is 0 Å². The third-order valence-electron chi connectivity index (χ3n) is 2.96. The molecular formula is C15H13BrClNO2. The summed E-state index contributed by atoms with van der Waals surface area (Å²) < 4.78 is 0.817. The van der Waals surface area contributed by atoms with Crippen molar-refractivity contribution in [3.63, 3.8) is 0 Å². The molecule has 0 saturated heterocycles. The maximum Gasteiger partial charge on any atom is 0.330 e. The fourth-order valence-corrected chi connectivity index (χ4v) is 2.60. The lowest BCUT2D eigenvalue weighted by atomic mass is 10.0. The van der Waals surface area contributed by atoms with Crippen molar-refractivity contribution in [2.45, 2.75) is 13.0 Å². The first kappa shape index (κ1) is 14.9. The van der Waals surface area contributed by atoms with E-state index in [0.717, 1.165) is 15.7 Å². The molecule has 0 aliphatic carbocycles. The molecule has 3 nitrogen and oxygen atoms in total. The van der Waals surface area contributed by atoms with Gasteiger partial charge in [-0.1, -0.05) is 29.8 Å². The Hall–Kier alpha value is -1.52. The van der Waals surface area contributed by atoms with Gasteiger partial charge >= 0.3 is 5.97 Å². The van der Waals surface area contributed by atoms with Gasteiger partial charge < -0.3 is 10.4 Å².